The normalized spacial score (nSPS) is 18.8. The van der Waals surface area contributed by atoms with Crippen LogP contribution in [-0.4, -0.2) is 73.8 Å². The molecule has 144 valence electrons. The summed E-state index contributed by atoms with van der Waals surface area (Å²) in [7, 11) is 0. The van der Waals surface area contributed by atoms with E-state index < -0.39 is 0 Å². The molecule has 0 bridgehead atoms. The van der Waals surface area contributed by atoms with Crippen molar-refractivity contribution in [3.63, 3.8) is 0 Å². The van der Waals surface area contributed by atoms with Crippen LogP contribution in [0.15, 0.2) is 36.5 Å². The standard InChI is InChI=1S/C20H27FN6/c1-2-24-9-11-26(12-10-24)19-7-8-22-20(23-19)27-15-13-25(14-16-27)18-5-3-17(21)4-6-18/h3-8H,2,9-16H2,1H3. The van der Waals surface area contributed by atoms with Gasteiger partial charge in [-0.3, -0.25) is 0 Å². The molecule has 7 heteroatoms. The Balaban J connectivity index is 1.38. The molecule has 0 spiro atoms. The fourth-order valence-electron chi connectivity index (χ4n) is 3.78. The van der Waals surface area contributed by atoms with Crippen LogP contribution in [0.1, 0.15) is 6.92 Å². The molecule has 1 aromatic heterocycles. The Morgan fingerprint density at radius 2 is 1.44 bits per heavy atom. The van der Waals surface area contributed by atoms with Gasteiger partial charge in [0.25, 0.3) is 0 Å². The first-order valence-electron chi connectivity index (χ1n) is 9.79. The summed E-state index contributed by atoms with van der Waals surface area (Å²) in [5, 5.41) is 0. The van der Waals surface area contributed by atoms with E-state index in [-0.39, 0.29) is 5.82 Å². The molecule has 27 heavy (non-hydrogen) atoms. The summed E-state index contributed by atoms with van der Waals surface area (Å²) >= 11 is 0. The Labute approximate surface area is 160 Å². The van der Waals surface area contributed by atoms with Gasteiger partial charge in [0.05, 0.1) is 0 Å². The van der Waals surface area contributed by atoms with E-state index in [1.807, 2.05) is 24.4 Å². The summed E-state index contributed by atoms with van der Waals surface area (Å²) in [6, 6.07) is 8.75. The van der Waals surface area contributed by atoms with Gasteiger partial charge in [0.2, 0.25) is 5.95 Å². The summed E-state index contributed by atoms with van der Waals surface area (Å²) in [6.45, 7) is 11.0. The Morgan fingerprint density at radius 3 is 2.11 bits per heavy atom. The summed E-state index contributed by atoms with van der Waals surface area (Å²) in [4.78, 5) is 18.7. The Bertz CT molecular complexity index is 736. The second-order valence-corrected chi connectivity index (χ2v) is 7.09. The maximum atomic E-state index is 13.1. The minimum atomic E-state index is -0.192. The predicted molar refractivity (Wildman–Crippen MR) is 107 cm³/mol. The Kier molecular flexibility index (Phi) is 5.38. The quantitative estimate of drug-likeness (QED) is 0.821. The number of nitrogens with zero attached hydrogens (tertiary/aromatic N) is 6. The number of aromatic nitrogens is 2. The summed E-state index contributed by atoms with van der Waals surface area (Å²) < 4.78 is 13.1. The van der Waals surface area contributed by atoms with Crippen molar-refractivity contribution in [3.05, 3.63) is 42.3 Å². The molecule has 0 N–H and O–H groups in total. The number of anilines is 3. The van der Waals surface area contributed by atoms with Gasteiger partial charge in [-0.25, -0.2) is 9.37 Å². The van der Waals surface area contributed by atoms with E-state index in [1.54, 1.807) is 0 Å². The fourth-order valence-corrected chi connectivity index (χ4v) is 3.78. The molecule has 2 fully saturated rings. The van der Waals surface area contributed by atoms with E-state index in [0.717, 1.165) is 76.4 Å². The number of hydrogen-bond donors (Lipinski definition) is 0. The van der Waals surface area contributed by atoms with Crippen molar-refractivity contribution in [2.75, 3.05) is 73.6 Å². The van der Waals surface area contributed by atoms with Crippen molar-refractivity contribution in [1.29, 1.82) is 0 Å². The molecule has 0 aliphatic carbocycles. The fraction of sp³-hybridized carbons (Fsp3) is 0.500. The number of benzene rings is 1. The molecule has 3 heterocycles. The van der Waals surface area contributed by atoms with Crippen molar-refractivity contribution >= 4 is 17.5 Å². The zero-order chi connectivity index (χ0) is 18.6. The molecule has 0 unspecified atom stereocenters. The van der Waals surface area contributed by atoms with Crippen molar-refractivity contribution < 1.29 is 4.39 Å². The SMILES string of the molecule is CCN1CCN(c2ccnc(N3CCN(c4ccc(F)cc4)CC3)n2)CC1. The highest BCUT2D eigenvalue weighted by Crippen LogP contribution is 2.21. The van der Waals surface area contributed by atoms with Crippen LogP contribution in [0, 0.1) is 5.82 Å². The Hall–Kier alpha value is -2.41. The van der Waals surface area contributed by atoms with E-state index >= 15 is 0 Å². The second kappa shape index (κ2) is 8.08. The van der Waals surface area contributed by atoms with Crippen molar-refractivity contribution in [1.82, 2.24) is 14.9 Å². The molecule has 2 aromatic rings. The lowest BCUT2D eigenvalue weighted by Gasteiger charge is -2.37. The lowest BCUT2D eigenvalue weighted by molar-refractivity contribution is 0.270. The zero-order valence-corrected chi connectivity index (χ0v) is 15.9. The number of hydrogen-bond acceptors (Lipinski definition) is 6. The van der Waals surface area contributed by atoms with Crippen LogP contribution in [-0.2, 0) is 0 Å². The average Bonchev–Trinajstić information content (AvgIpc) is 2.75. The van der Waals surface area contributed by atoms with Gasteiger partial charge < -0.3 is 19.6 Å². The molecule has 0 radical (unpaired) electrons. The van der Waals surface area contributed by atoms with Gasteiger partial charge in [-0.15, -0.1) is 0 Å². The molecule has 6 nitrogen and oxygen atoms in total. The summed E-state index contributed by atoms with van der Waals surface area (Å²) in [5.74, 6) is 1.64. The molecular weight excluding hydrogens is 343 g/mol. The molecule has 0 atom stereocenters. The third-order valence-corrected chi connectivity index (χ3v) is 5.53. The highest BCUT2D eigenvalue weighted by atomic mass is 19.1. The van der Waals surface area contributed by atoms with Crippen LogP contribution in [0.25, 0.3) is 0 Å². The van der Waals surface area contributed by atoms with Crippen LogP contribution in [0.4, 0.5) is 21.8 Å². The van der Waals surface area contributed by atoms with Crippen LogP contribution in [0.3, 0.4) is 0 Å². The van der Waals surface area contributed by atoms with Crippen LogP contribution in [0.5, 0.6) is 0 Å². The van der Waals surface area contributed by atoms with Crippen LogP contribution < -0.4 is 14.7 Å². The first-order valence-corrected chi connectivity index (χ1v) is 9.79. The van der Waals surface area contributed by atoms with E-state index in [1.165, 1.54) is 12.1 Å². The average molecular weight is 370 g/mol. The highest BCUT2D eigenvalue weighted by molar-refractivity contribution is 5.49. The second-order valence-electron chi connectivity index (χ2n) is 7.09. The first-order chi connectivity index (χ1) is 13.2. The topological polar surface area (TPSA) is 38.7 Å². The minimum Gasteiger partial charge on any atom is -0.368 e. The van der Waals surface area contributed by atoms with E-state index in [0.29, 0.717) is 0 Å². The third-order valence-electron chi connectivity index (χ3n) is 5.53. The van der Waals surface area contributed by atoms with E-state index in [4.69, 9.17) is 4.98 Å². The number of piperazine rings is 2. The van der Waals surface area contributed by atoms with Gasteiger partial charge >= 0.3 is 0 Å². The van der Waals surface area contributed by atoms with Crippen LogP contribution >= 0.6 is 0 Å². The molecule has 2 aliphatic heterocycles. The monoisotopic (exact) mass is 370 g/mol. The van der Waals surface area contributed by atoms with Crippen molar-refractivity contribution in [2.45, 2.75) is 6.92 Å². The molecule has 1 aromatic carbocycles. The molecular formula is C20H27FN6. The number of likely N-dealkylation sites (N-methyl/N-ethyl adjacent to an activating group) is 1. The van der Waals surface area contributed by atoms with Gasteiger partial charge in [0.15, 0.2) is 0 Å². The van der Waals surface area contributed by atoms with Gasteiger partial charge in [-0.2, -0.15) is 4.98 Å². The molecule has 4 rings (SSSR count). The lowest BCUT2D eigenvalue weighted by Crippen LogP contribution is -2.48. The highest BCUT2D eigenvalue weighted by Gasteiger charge is 2.21. The van der Waals surface area contributed by atoms with Gasteiger partial charge in [-0.1, -0.05) is 6.92 Å². The number of halogens is 1. The smallest absolute Gasteiger partial charge is 0.227 e. The van der Waals surface area contributed by atoms with Crippen molar-refractivity contribution in [2.24, 2.45) is 0 Å². The third kappa shape index (κ3) is 4.13. The molecule has 2 saturated heterocycles. The molecule has 2 aliphatic rings. The Morgan fingerprint density at radius 1 is 0.815 bits per heavy atom. The van der Waals surface area contributed by atoms with Gasteiger partial charge in [-0.05, 0) is 36.9 Å². The minimum absolute atomic E-state index is 0.192. The summed E-state index contributed by atoms with van der Waals surface area (Å²) in [5.41, 5.74) is 1.07. The molecule has 0 saturated carbocycles. The van der Waals surface area contributed by atoms with E-state index in [9.17, 15) is 4.39 Å². The van der Waals surface area contributed by atoms with Gasteiger partial charge in [0, 0.05) is 64.2 Å². The zero-order valence-electron chi connectivity index (χ0n) is 15.9. The van der Waals surface area contributed by atoms with E-state index in [2.05, 4.69) is 31.5 Å². The largest absolute Gasteiger partial charge is 0.368 e. The van der Waals surface area contributed by atoms with Gasteiger partial charge in [0.1, 0.15) is 11.6 Å². The van der Waals surface area contributed by atoms with Crippen molar-refractivity contribution in [3.8, 4) is 0 Å². The lowest BCUT2D eigenvalue weighted by atomic mass is 10.2. The molecule has 0 amide bonds. The predicted octanol–water partition coefficient (Wildman–Crippen LogP) is 2.08. The maximum Gasteiger partial charge on any atom is 0.227 e. The number of rotatable bonds is 4. The summed E-state index contributed by atoms with van der Waals surface area (Å²) in [6.07, 6.45) is 1.87. The van der Waals surface area contributed by atoms with Crippen LogP contribution in [0.2, 0.25) is 0 Å². The first kappa shape index (κ1) is 18.0. The maximum absolute atomic E-state index is 13.1.